The first-order chi connectivity index (χ1) is 12.5. The van der Waals surface area contributed by atoms with Crippen molar-refractivity contribution in [1.29, 1.82) is 0 Å². The predicted molar refractivity (Wildman–Crippen MR) is 113 cm³/mol. The fourth-order valence-corrected chi connectivity index (χ4v) is 3.55. The van der Waals surface area contributed by atoms with E-state index >= 15 is 0 Å². The van der Waals surface area contributed by atoms with Crippen molar-refractivity contribution in [3.05, 3.63) is 29.8 Å². The summed E-state index contributed by atoms with van der Waals surface area (Å²) in [6.07, 6.45) is 9.59. The first-order valence-corrected chi connectivity index (χ1v) is 10.7. The summed E-state index contributed by atoms with van der Waals surface area (Å²) in [5.74, 6) is 1.31. The highest BCUT2D eigenvalue weighted by Crippen LogP contribution is 2.21. The van der Waals surface area contributed by atoms with Gasteiger partial charge in [0.1, 0.15) is 0 Å². The van der Waals surface area contributed by atoms with Crippen LogP contribution in [0.15, 0.2) is 24.3 Å². The third kappa shape index (κ3) is 7.80. The van der Waals surface area contributed by atoms with Crippen LogP contribution in [0.3, 0.4) is 0 Å². The van der Waals surface area contributed by atoms with Crippen LogP contribution in [-0.2, 0) is 0 Å². The number of unbranched alkanes of at least 4 members (excludes halogenated alkanes) is 2. The van der Waals surface area contributed by atoms with Gasteiger partial charge in [0.15, 0.2) is 0 Å². The van der Waals surface area contributed by atoms with Crippen LogP contribution in [0.4, 0.5) is 5.69 Å². The van der Waals surface area contributed by atoms with Crippen molar-refractivity contribution in [3.8, 4) is 0 Å². The number of hydrogen-bond acceptors (Lipinski definition) is 2. The number of anilines is 1. The Labute approximate surface area is 161 Å². The number of rotatable bonds is 13. The number of carbonyl (C=O) groups excluding carboxylic acids is 1. The Kier molecular flexibility index (Phi) is 11.1. The molecule has 0 aliphatic carbocycles. The van der Waals surface area contributed by atoms with Crippen LogP contribution in [0.5, 0.6) is 0 Å². The van der Waals surface area contributed by atoms with E-state index < -0.39 is 0 Å². The van der Waals surface area contributed by atoms with E-state index in [1.54, 1.807) is 0 Å². The predicted octanol–water partition coefficient (Wildman–Crippen LogP) is 6.14. The van der Waals surface area contributed by atoms with Crippen LogP contribution >= 0.6 is 0 Å². The third-order valence-electron chi connectivity index (χ3n) is 5.46. The number of hydrogen-bond donors (Lipinski definition) is 1. The molecule has 0 spiro atoms. The highest BCUT2D eigenvalue weighted by molar-refractivity contribution is 5.95. The Bertz CT molecular complexity index is 497. The average molecular weight is 361 g/mol. The van der Waals surface area contributed by atoms with Crippen molar-refractivity contribution in [3.63, 3.8) is 0 Å². The summed E-state index contributed by atoms with van der Waals surface area (Å²) in [5.41, 5.74) is 7.29. The topological polar surface area (TPSA) is 46.3 Å². The zero-order chi connectivity index (χ0) is 19.4. The number of nitrogens with zero attached hydrogens (tertiary/aromatic N) is 1. The lowest BCUT2D eigenvalue weighted by molar-refractivity contribution is 0.0685. The van der Waals surface area contributed by atoms with E-state index in [-0.39, 0.29) is 5.91 Å². The van der Waals surface area contributed by atoms with Crippen molar-refractivity contribution in [1.82, 2.24) is 4.90 Å². The fraction of sp³-hybridized carbons (Fsp3) is 0.696. The van der Waals surface area contributed by atoms with Gasteiger partial charge in [-0.15, -0.1) is 0 Å². The molecule has 3 nitrogen and oxygen atoms in total. The Hall–Kier alpha value is -1.51. The van der Waals surface area contributed by atoms with Crippen molar-refractivity contribution < 1.29 is 4.79 Å². The molecule has 1 aromatic carbocycles. The number of nitrogens with two attached hydrogens (primary N) is 1. The van der Waals surface area contributed by atoms with Crippen LogP contribution in [0, 0.1) is 11.8 Å². The molecule has 0 heterocycles. The SMILES string of the molecule is CCCC[C@@H](CC)CN(C[C@@H](CC)CCCC)C(=O)c1cccc(N)c1. The molecule has 2 N–H and O–H groups in total. The molecule has 0 bridgehead atoms. The normalized spacial score (nSPS) is 13.4. The van der Waals surface area contributed by atoms with Gasteiger partial charge in [-0.1, -0.05) is 72.3 Å². The number of amides is 1. The second-order valence-corrected chi connectivity index (χ2v) is 7.67. The molecule has 2 atom stereocenters. The largest absolute Gasteiger partial charge is 0.399 e. The molecule has 26 heavy (non-hydrogen) atoms. The van der Waals surface area contributed by atoms with Gasteiger partial charge in [0.2, 0.25) is 0 Å². The molecule has 0 saturated heterocycles. The van der Waals surface area contributed by atoms with Gasteiger partial charge >= 0.3 is 0 Å². The summed E-state index contributed by atoms with van der Waals surface area (Å²) >= 11 is 0. The Morgan fingerprint density at radius 3 is 1.92 bits per heavy atom. The minimum Gasteiger partial charge on any atom is -0.399 e. The minimum atomic E-state index is 0.141. The summed E-state index contributed by atoms with van der Waals surface area (Å²) in [6, 6.07) is 7.43. The number of carbonyl (C=O) groups is 1. The van der Waals surface area contributed by atoms with Gasteiger partial charge in [0, 0.05) is 24.3 Å². The lowest BCUT2D eigenvalue weighted by atomic mass is 9.95. The first kappa shape index (κ1) is 22.5. The van der Waals surface area contributed by atoms with E-state index in [9.17, 15) is 4.79 Å². The zero-order valence-electron chi connectivity index (χ0n) is 17.5. The summed E-state index contributed by atoms with van der Waals surface area (Å²) < 4.78 is 0. The minimum absolute atomic E-state index is 0.141. The van der Waals surface area contributed by atoms with E-state index in [1.807, 2.05) is 24.3 Å². The molecule has 148 valence electrons. The van der Waals surface area contributed by atoms with Crippen LogP contribution in [-0.4, -0.2) is 23.9 Å². The van der Waals surface area contributed by atoms with Crippen LogP contribution in [0.1, 0.15) is 89.4 Å². The maximum Gasteiger partial charge on any atom is 0.253 e. The maximum absolute atomic E-state index is 13.2. The summed E-state index contributed by atoms with van der Waals surface area (Å²) in [5, 5.41) is 0. The molecular weight excluding hydrogens is 320 g/mol. The van der Waals surface area contributed by atoms with Crippen LogP contribution in [0.2, 0.25) is 0 Å². The lowest BCUT2D eigenvalue weighted by Crippen LogP contribution is -2.39. The van der Waals surface area contributed by atoms with Crippen molar-refractivity contribution in [2.24, 2.45) is 11.8 Å². The fourth-order valence-electron chi connectivity index (χ4n) is 3.55. The molecule has 0 radical (unpaired) electrons. The van der Waals surface area contributed by atoms with Crippen LogP contribution < -0.4 is 5.73 Å². The van der Waals surface area contributed by atoms with Gasteiger partial charge in [-0.05, 0) is 42.9 Å². The molecule has 1 amide bonds. The van der Waals surface area contributed by atoms with Gasteiger partial charge < -0.3 is 10.6 Å². The zero-order valence-corrected chi connectivity index (χ0v) is 17.5. The van der Waals surface area contributed by atoms with Gasteiger partial charge in [-0.2, -0.15) is 0 Å². The molecule has 0 saturated carbocycles. The third-order valence-corrected chi connectivity index (χ3v) is 5.46. The van der Waals surface area contributed by atoms with E-state index in [2.05, 4.69) is 32.6 Å². The molecule has 3 heteroatoms. The molecule has 0 aliphatic rings. The maximum atomic E-state index is 13.2. The average Bonchev–Trinajstić information content (AvgIpc) is 2.66. The van der Waals surface area contributed by atoms with Gasteiger partial charge in [0.25, 0.3) is 5.91 Å². The second-order valence-electron chi connectivity index (χ2n) is 7.67. The quantitative estimate of drug-likeness (QED) is 0.429. The van der Waals surface area contributed by atoms with E-state index in [1.165, 1.54) is 38.5 Å². The molecule has 0 aliphatic heterocycles. The van der Waals surface area contributed by atoms with Gasteiger partial charge in [0.05, 0.1) is 0 Å². The first-order valence-electron chi connectivity index (χ1n) is 10.7. The number of nitrogen functional groups attached to an aromatic ring is 1. The highest BCUT2D eigenvalue weighted by Gasteiger charge is 2.22. The molecule has 0 aromatic heterocycles. The smallest absolute Gasteiger partial charge is 0.253 e. The number of benzene rings is 1. The van der Waals surface area contributed by atoms with E-state index in [0.29, 0.717) is 17.5 Å². The van der Waals surface area contributed by atoms with Gasteiger partial charge in [-0.25, -0.2) is 0 Å². The summed E-state index contributed by atoms with van der Waals surface area (Å²) in [7, 11) is 0. The molecular formula is C23H40N2O. The van der Waals surface area contributed by atoms with Crippen molar-refractivity contribution in [2.45, 2.75) is 79.1 Å². The monoisotopic (exact) mass is 360 g/mol. The second kappa shape index (κ2) is 12.8. The van der Waals surface area contributed by atoms with E-state index in [0.717, 1.165) is 31.5 Å². The lowest BCUT2D eigenvalue weighted by Gasteiger charge is -2.31. The molecule has 1 aromatic rings. The Morgan fingerprint density at radius 1 is 0.962 bits per heavy atom. The van der Waals surface area contributed by atoms with Gasteiger partial charge in [-0.3, -0.25) is 4.79 Å². The molecule has 1 rings (SSSR count). The Balaban J connectivity index is 2.93. The van der Waals surface area contributed by atoms with Crippen molar-refractivity contribution >= 4 is 11.6 Å². The molecule has 0 unspecified atom stereocenters. The highest BCUT2D eigenvalue weighted by atomic mass is 16.2. The standard InChI is InChI=1S/C23H40N2O/c1-5-9-12-19(7-3)17-25(18-20(8-4)13-10-6-2)23(26)21-14-11-15-22(24)16-21/h11,14-16,19-20H,5-10,12-13,17-18,24H2,1-4H3/t19-,20+. The molecule has 0 fully saturated rings. The van der Waals surface area contributed by atoms with Crippen LogP contribution in [0.25, 0.3) is 0 Å². The Morgan fingerprint density at radius 2 is 1.50 bits per heavy atom. The summed E-state index contributed by atoms with van der Waals surface area (Å²) in [4.78, 5) is 15.3. The van der Waals surface area contributed by atoms with E-state index in [4.69, 9.17) is 5.73 Å². The van der Waals surface area contributed by atoms with Crippen molar-refractivity contribution in [2.75, 3.05) is 18.8 Å². The summed E-state index contributed by atoms with van der Waals surface area (Å²) in [6.45, 7) is 10.7.